The summed E-state index contributed by atoms with van der Waals surface area (Å²) in [6.45, 7) is 0.883. The van der Waals surface area contributed by atoms with E-state index in [1.165, 1.54) is 0 Å². The third-order valence-corrected chi connectivity index (χ3v) is 3.90. The Balaban J connectivity index is 1.45. The molecule has 3 rings (SSSR count). The van der Waals surface area contributed by atoms with Gasteiger partial charge in [0.05, 0.1) is 11.6 Å². The average Bonchev–Trinajstić information content (AvgIpc) is 2.73. The van der Waals surface area contributed by atoms with E-state index >= 15 is 0 Å². The highest BCUT2D eigenvalue weighted by Gasteiger charge is 2.03. The van der Waals surface area contributed by atoms with E-state index in [4.69, 9.17) is 10.00 Å². The molecule has 0 heterocycles. The van der Waals surface area contributed by atoms with Gasteiger partial charge >= 0.3 is 6.03 Å². The second-order valence-electron chi connectivity index (χ2n) is 5.92. The Morgan fingerprint density at radius 2 is 1.59 bits per heavy atom. The first-order valence-corrected chi connectivity index (χ1v) is 8.53. The van der Waals surface area contributed by atoms with Crippen LogP contribution in [0, 0.1) is 11.3 Å². The third kappa shape index (κ3) is 5.62. The van der Waals surface area contributed by atoms with Crippen LogP contribution in [-0.2, 0) is 13.2 Å². The summed E-state index contributed by atoms with van der Waals surface area (Å²) in [5.41, 5.74) is 3.30. The topological polar surface area (TPSA) is 74.2 Å². The van der Waals surface area contributed by atoms with E-state index in [1.807, 2.05) is 54.6 Å². The van der Waals surface area contributed by atoms with E-state index in [-0.39, 0.29) is 6.03 Å². The van der Waals surface area contributed by atoms with Gasteiger partial charge in [-0.15, -0.1) is 0 Å². The standard InChI is InChI=1S/C22H19N3O2/c23-14-17-6-8-18(9-7-17)15-24-22(26)25-20-10-12-21(13-11-20)27-16-19-4-2-1-3-5-19/h1-13H,15-16H2,(H2,24,25,26). The van der Waals surface area contributed by atoms with Crippen LogP contribution < -0.4 is 15.4 Å². The predicted octanol–water partition coefficient (Wildman–Crippen LogP) is 4.46. The Morgan fingerprint density at radius 1 is 0.889 bits per heavy atom. The Kier molecular flexibility index (Phi) is 6.05. The van der Waals surface area contributed by atoms with Crippen LogP contribution in [0.25, 0.3) is 0 Å². The number of urea groups is 1. The Hall–Kier alpha value is -3.78. The van der Waals surface area contributed by atoms with Crippen molar-refractivity contribution in [2.24, 2.45) is 0 Å². The van der Waals surface area contributed by atoms with Gasteiger partial charge in [0, 0.05) is 12.2 Å². The summed E-state index contributed by atoms with van der Waals surface area (Å²) in [6.07, 6.45) is 0. The lowest BCUT2D eigenvalue weighted by molar-refractivity contribution is 0.251. The number of amides is 2. The zero-order valence-corrected chi connectivity index (χ0v) is 14.7. The molecule has 0 radical (unpaired) electrons. The fourth-order valence-electron chi connectivity index (χ4n) is 2.43. The maximum Gasteiger partial charge on any atom is 0.319 e. The molecule has 3 aromatic rings. The molecule has 27 heavy (non-hydrogen) atoms. The van der Waals surface area contributed by atoms with E-state index < -0.39 is 0 Å². The molecule has 5 heteroatoms. The molecule has 3 aromatic carbocycles. The first-order chi connectivity index (χ1) is 13.2. The Morgan fingerprint density at radius 3 is 2.26 bits per heavy atom. The van der Waals surface area contributed by atoms with Crippen molar-refractivity contribution in [3.05, 3.63) is 95.6 Å². The lowest BCUT2D eigenvalue weighted by Crippen LogP contribution is -2.28. The number of rotatable bonds is 6. The van der Waals surface area contributed by atoms with Gasteiger partial charge in [0.1, 0.15) is 12.4 Å². The molecule has 0 aliphatic heterocycles. The molecule has 0 bridgehead atoms. The van der Waals surface area contributed by atoms with Crippen LogP contribution in [0.5, 0.6) is 5.75 Å². The third-order valence-electron chi connectivity index (χ3n) is 3.90. The van der Waals surface area contributed by atoms with Crippen LogP contribution in [0.2, 0.25) is 0 Å². The van der Waals surface area contributed by atoms with Gasteiger partial charge in [-0.3, -0.25) is 0 Å². The molecule has 0 spiro atoms. The van der Waals surface area contributed by atoms with Gasteiger partial charge in [-0.2, -0.15) is 5.26 Å². The van der Waals surface area contributed by atoms with Crippen molar-refractivity contribution in [3.63, 3.8) is 0 Å². The predicted molar refractivity (Wildman–Crippen MR) is 104 cm³/mol. The fourth-order valence-corrected chi connectivity index (χ4v) is 2.43. The molecule has 0 unspecified atom stereocenters. The number of carbonyl (C=O) groups is 1. The summed E-state index contributed by atoms with van der Waals surface area (Å²) < 4.78 is 5.72. The zero-order valence-electron chi connectivity index (χ0n) is 14.7. The van der Waals surface area contributed by atoms with Crippen molar-refractivity contribution >= 4 is 11.7 Å². The molecule has 0 atom stereocenters. The molecule has 0 saturated heterocycles. The summed E-state index contributed by atoms with van der Waals surface area (Å²) in [6, 6.07) is 26.0. The van der Waals surface area contributed by atoms with Gasteiger partial charge in [-0.05, 0) is 47.5 Å². The highest BCUT2D eigenvalue weighted by Crippen LogP contribution is 2.17. The summed E-state index contributed by atoms with van der Waals surface area (Å²) in [5.74, 6) is 0.738. The van der Waals surface area contributed by atoms with Gasteiger partial charge in [0.15, 0.2) is 0 Å². The summed E-state index contributed by atoms with van der Waals surface area (Å²) >= 11 is 0. The monoisotopic (exact) mass is 357 g/mol. The molecule has 0 aliphatic carbocycles. The SMILES string of the molecule is N#Cc1ccc(CNC(=O)Nc2ccc(OCc3ccccc3)cc2)cc1. The van der Waals surface area contributed by atoms with Gasteiger partial charge in [-0.1, -0.05) is 42.5 Å². The lowest BCUT2D eigenvalue weighted by Gasteiger charge is -2.10. The second-order valence-corrected chi connectivity index (χ2v) is 5.92. The van der Waals surface area contributed by atoms with Crippen LogP contribution >= 0.6 is 0 Å². The normalized spacial score (nSPS) is 9.89. The number of benzene rings is 3. The molecule has 5 nitrogen and oxygen atoms in total. The van der Waals surface area contributed by atoms with Crippen molar-refractivity contribution in [2.75, 3.05) is 5.32 Å². The smallest absolute Gasteiger partial charge is 0.319 e. The quantitative estimate of drug-likeness (QED) is 0.684. The molecular weight excluding hydrogens is 338 g/mol. The first kappa shape index (κ1) is 18.0. The number of nitriles is 1. The fraction of sp³-hybridized carbons (Fsp3) is 0.0909. The minimum atomic E-state index is -0.294. The van der Waals surface area contributed by atoms with Gasteiger partial charge in [-0.25, -0.2) is 4.79 Å². The van der Waals surface area contributed by atoms with Gasteiger partial charge in [0.2, 0.25) is 0 Å². The van der Waals surface area contributed by atoms with Crippen LogP contribution in [0.3, 0.4) is 0 Å². The number of carbonyl (C=O) groups excluding carboxylic acids is 1. The highest BCUT2D eigenvalue weighted by molar-refractivity contribution is 5.89. The Labute approximate surface area is 158 Å². The van der Waals surface area contributed by atoms with E-state index in [9.17, 15) is 4.79 Å². The van der Waals surface area contributed by atoms with E-state index in [0.717, 1.165) is 16.9 Å². The van der Waals surface area contributed by atoms with Crippen molar-refractivity contribution in [1.82, 2.24) is 5.32 Å². The van der Waals surface area contributed by atoms with Gasteiger partial charge < -0.3 is 15.4 Å². The van der Waals surface area contributed by atoms with Crippen LogP contribution in [-0.4, -0.2) is 6.03 Å². The van der Waals surface area contributed by atoms with Crippen molar-refractivity contribution < 1.29 is 9.53 Å². The molecule has 2 amide bonds. The molecule has 0 fully saturated rings. The van der Waals surface area contributed by atoms with Gasteiger partial charge in [0.25, 0.3) is 0 Å². The van der Waals surface area contributed by atoms with E-state index in [0.29, 0.717) is 24.4 Å². The number of hydrogen-bond acceptors (Lipinski definition) is 3. The summed E-state index contributed by atoms with van der Waals surface area (Å²) in [5, 5.41) is 14.3. The maximum absolute atomic E-state index is 12.0. The molecule has 0 aliphatic rings. The lowest BCUT2D eigenvalue weighted by atomic mass is 10.1. The molecule has 0 saturated carbocycles. The van der Waals surface area contributed by atoms with Crippen molar-refractivity contribution in [2.45, 2.75) is 13.2 Å². The highest BCUT2D eigenvalue weighted by atomic mass is 16.5. The summed E-state index contributed by atoms with van der Waals surface area (Å²) in [7, 11) is 0. The molecule has 2 N–H and O–H groups in total. The number of anilines is 1. The summed E-state index contributed by atoms with van der Waals surface area (Å²) in [4.78, 5) is 12.0. The first-order valence-electron chi connectivity index (χ1n) is 8.53. The van der Waals surface area contributed by atoms with Crippen LogP contribution in [0.4, 0.5) is 10.5 Å². The van der Waals surface area contributed by atoms with E-state index in [2.05, 4.69) is 16.7 Å². The second kappa shape index (κ2) is 9.07. The van der Waals surface area contributed by atoms with Crippen molar-refractivity contribution in [1.29, 1.82) is 5.26 Å². The van der Waals surface area contributed by atoms with E-state index in [1.54, 1.807) is 24.3 Å². The molecule has 134 valence electrons. The number of nitrogens with one attached hydrogen (secondary N) is 2. The zero-order chi connectivity index (χ0) is 18.9. The number of nitrogens with zero attached hydrogens (tertiary/aromatic N) is 1. The Bertz CT molecular complexity index is 915. The molecular formula is C22H19N3O2. The maximum atomic E-state index is 12.0. The van der Waals surface area contributed by atoms with Crippen molar-refractivity contribution in [3.8, 4) is 11.8 Å². The van der Waals surface area contributed by atoms with Crippen LogP contribution in [0.15, 0.2) is 78.9 Å². The van der Waals surface area contributed by atoms with Crippen LogP contribution in [0.1, 0.15) is 16.7 Å². The average molecular weight is 357 g/mol. The number of hydrogen-bond donors (Lipinski definition) is 2. The minimum absolute atomic E-state index is 0.294. The molecule has 0 aromatic heterocycles. The number of ether oxygens (including phenoxy) is 1. The minimum Gasteiger partial charge on any atom is -0.489 e. The largest absolute Gasteiger partial charge is 0.489 e.